The molecule has 3 fully saturated rings. The first-order chi connectivity index (χ1) is 24.8. The van der Waals surface area contributed by atoms with Gasteiger partial charge in [0.2, 0.25) is 0 Å². The Labute approximate surface area is 304 Å². The quantitative estimate of drug-likeness (QED) is 0.366. The van der Waals surface area contributed by atoms with Gasteiger partial charge in [0.25, 0.3) is 5.56 Å². The summed E-state index contributed by atoms with van der Waals surface area (Å²) >= 11 is 6.33. The second-order valence-corrected chi connectivity index (χ2v) is 14.4. The number of nitriles is 1. The summed E-state index contributed by atoms with van der Waals surface area (Å²) in [6.45, 7) is 8.66. The number of anilines is 1. The van der Waals surface area contributed by atoms with Crippen LogP contribution in [0.1, 0.15) is 49.3 Å². The van der Waals surface area contributed by atoms with Crippen LogP contribution in [0.15, 0.2) is 65.5 Å². The molecule has 2 amide bonds. The number of allylic oxidation sites excluding steroid dienone is 2. The number of H-pyrrole nitrogens is 1. The molecular formula is C38H47ClN10O2. The van der Waals surface area contributed by atoms with E-state index >= 15 is 0 Å². The largest absolute Gasteiger partial charge is 0.372 e. The third-order valence-corrected chi connectivity index (χ3v) is 11.3. The number of hydrazine groups is 1. The van der Waals surface area contributed by atoms with E-state index in [9.17, 15) is 14.9 Å². The lowest BCUT2D eigenvalue weighted by Crippen LogP contribution is -2.58. The van der Waals surface area contributed by atoms with Crippen molar-refractivity contribution in [2.24, 2.45) is 0 Å². The van der Waals surface area contributed by atoms with Crippen LogP contribution in [-0.4, -0.2) is 112 Å². The van der Waals surface area contributed by atoms with Gasteiger partial charge in [0.15, 0.2) is 0 Å². The number of rotatable bonds is 7. The highest BCUT2D eigenvalue weighted by Gasteiger charge is 2.34. The minimum atomic E-state index is -0.0477. The van der Waals surface area contributed by atoms with E-state index in [0.29, 0.717) is 55.3 Å². The zero-order valence-electron chi connectivity index (χ0n) is 29.5. The molecule has 0 bridgehead atoms. The standard InChI is InChI=1S/C38H47ClN10O2/c1-3-28-22-34-35(43-37(28)50)21-27(25-41-34)26-45-13-15-47(16-14-45)38(51)48-19-17-46(18-20-48)36-5-4-12-42-49(36)31-10-8-30(9-11-31)44(2)32-7-6-29(24-40)33(39)23-32/h4-7,12,21-23,25,30-31,42H,3,8-11,13-20,26H2,1-2H3,(H,43,50). The molecule has 1 aromatic carbocycles. The van der Waals surface area contributed by atoms with Crippen molar-refractivity contribution in [2.45, 2.75) is 57.7 Å². The molecule has 0 unspecified atom stereocenters. The minimum absolute atomic E-state index is 0.0477. The van der Waals surface area contributed by atoms with E-state index in [1.165, 1.54) is 5.82 Å². The monoisotopic (exact) mass is 710 g/mol. The second kappa shape index (κ2) is 15.3. The highest BCUT2D eigenvalue weighted by atomic mass is 35.5. The van der Waals surface area contributed by atoms with Crippen LogP contribution in [-0.2, 0) is 13.0 Å². The predicted molar refractivity (Wildman–Crippen MR) is 200 cm³/mol. The van der Waals surface area contributed by atoms with Crippen molar-refractivity contribution < 1.29 is 4.79 Å². The summed E-state index contributed by atoms with van der Waals surface area (Å²) < 4.78 is 0. The number of halogens is 1. The van der Waals surface area contributed by atoms with Gasteiger partial charge < -0.3 is 30.0 Å². The molecule has 2 saturated heterocycles. The van der Waals surface area contributed by atoms with Crippen LogP contribution in [0.4, 0.5) is 10.5 Å². The van der Waals surface area contributed by atoms with Crippen molar-refractivity contribution in [3.8, 4) is 6.07 Å². The molecule has 1 aliphatic carbocycles. The van der Waals surface area contributed by atoms with Gasteiger partial charge in [-0.1, -0.05) is 18.5 Å². The number of aromatic amines is 1. The maximum Gasteiger partial charge on any atom is 0.320 e. The van der Waals surface area contributed by atoms with E-state index in [4.69, 9.17) is 11.6 Å². The van der Waals surface area contributed by atoms with Crippen LogP contribution in [0, 0.1) is 11.3 Å². The molecule has 12 nitrogen and oxygen atoms in total. The Morgan fingerprint density at radius 1 is 1.02 bits per heavy atom. The Morgan fingerprint density at radius 2 is 1.75 bits per heavy atom. The molecule has 4 aliphatic rings. The fourth-order valence-corrected chi connectivity index (χ4v) is 8.10. The zero-order chi connectivity index (χ0) is 35.5. The molecule has 2 N–H and O–H groups in total. The molecule has 7 rings (SSSR count). The molecule has 13 heteroatoms. The van der Waals surface area contributed by atoms with Crippen molar-refractivity contribution in [1.29, 1.82) is 5.26 Å². The Balaban J connectivity index is 0.877. The molecule has 5 heterocycles. The van der Waals surface area contributed by atoms with Crippen LogP contribution in [0.25, 0.3) is 11.0 Å². The highest BCUT2D eigenvalue weighted by Crippen LogP contribution is 2.32. The summed E-state index contributed by atoms with van der Waals surface area (Å²) in [5, 5.41) is 12.1. The Morgan fingerprint density at radius 3 is 2.43 bits per heavy atom. The smallest absolute Gasteiger partial charge is 0.320 e. The number of urea groups is 1. The third-order valence-electron chi connectivity index (χ3n) is 11.0. The number of nitrogens with zero attached hydrogens (tertiary/aromatic N) is 8. The molecule has 0 atom stereocenters. The van der Waals surface area contributed by atoms with Gasteiger partial charge in [0, 0.05) is 95.6 Å². The van der Waals surface area contributed by atoms with Gasteiger partial charge in [-0.25, -0.2) is 4.79 Å². The third kappa shape index (κ3) is 7.51. The summed E-state index contributed by atoms with van der Waals surface area (Å²) in [5.41, 5.74) is 8.40. The number of hydrogen-bond donors (Lipinski definition) is 2. The van der Waals surface area contributed by atoms with Crippen LogP contribution >= 0.6 is 11.6 Å². The summed E-state index contributed by atoms with van der Waals surface area (Å²) in [5.74, 6) is 1.17. The Kier molecular flexibility index (Phi) is 10.4. The van der Waals surface area contributed by atoms with Gasteiger partial charge in [0.05, 0.1) is 27.7 Å². The van der Waals surface area contributed by atoms with Crippen LogP contribution in [0.3, 0.4) is 0 Å². The maximum absolute atomic E-state index is 13.6. The number of piperazine rings is 2. The minimum Gasteiger partial charge on any atom is -0.372 e. The van der Waals surface area contributed by atoms with Crippen LogP contribution in [0.5, 0.6) is 0 Å². The van der Waals surface area contributed by atoms with E-state index in [2.05, 4.69) is 60.4 Å². The number of carbonyl (C=O) groups excluding carboxylic acids is 1. The molecule has 2 aromatic heterocycles. The number of fused-ring (bicyclic) bond motifs is 1. The first-order valence-corrected chi connectivity index (χ1v) is 18.6. The predicted octanol–water partition coefficient (Wildman–Crippen LogP) is 4.49. The van der Waals surface area contributed by atoms with Gasteiger partial charge in [0.1, 0.15) is 11.9 Å². The normalized spacial score (nSPS) is 21.3. The van der Waals surface area contributed by atoms with Crippen molar-refractivity contribution in [3.05, 3.63) is 92.8 Å². The summed E-state index contributed by atoms with van der Waals surface area (Å²) in [6, 6.07) is 12.6. The fourth-order valence-electron chi connectivity index (χ4n) is 7.88. The van der Waals surface area contributed by atoms with Gasteiger partial charge in [-0.3, -0.25) is 19.7 Å². The topological polar surface area (TPSA) is 118 Å². The zero-order valence-corrected chi connectivity index (χ0v) is 30.3. The fraction of sp³-hybridized carbons (Fsp3) is 0.474. The molecule has 1 saturated carbocycles. The lowest BCUT2D eigenvalue weighted by atomic mass is 9.89. The van der Waals surface area contributed by atoms with Gasteiger partial charge >= 0.3 is 6.03 Å². The van der Waals surface area contributed by atoms with Crippen molar-refractivity contribution >= 4 is 34.4 Å². The van der Waals surface area contributed by atoms with Gasteiger partial charge in [-0.2, -0.15) is 5.26 Å². The van der Waals surface area contributed by atoms with Gasteiger partial charge in [-0.15, -0.1) is 0 Å². The second-order valence-electron chi connectivity index (χ2n) is 14.0. The van der Waals surface area contributed by atoms with Gasteiger partial charge in [-0.05, 0) is 80.2 Å². The SMILES string of the molecule is CCc1cc2ncc(CN3CCN(C(=O)N4CCN(C5=CC=CNN5C5CCC(N(C)c6ccc(C#N)c(Cl)c6)CC5)CC4)CC3)cc2[nH]c1=O. The lowest BCUT2D eigenvalue weighted by molar-refractivity contribution is 0.0642. The van der Waals surface area contributed by atoms with Crippen molar-refractivity contribution in [3.63, 3.8) is 0 Å². The number of aryl methyl sites for hydroxylation is 1. The Bertz CT molecular complexity index is 1900. The maximum atomic E-state index is 13.6. The molecule has 51 heavy (non-hydrogen) atoms. The van der Waals surface area contributed by atoms with Crippen molar-refractivity contribution in [2.75, 3.05) is 64.3 Å². The average Bonchev–Trinajstić information content (AvgIpc) is 3.17. The van der Waals surface area contributed by atoms with Crippen LogP contribution in [0.2, 0.25) is 5.02 Å². The van der Waals surface area contributed by atoms with Crippen LogP contribution < -0.4 is 15.9 Å². The molecular weight excluding hydrogens is 664 g/mol. The molecule has 0 radical (unpaired) electrons. The number of pyridine rings is 2. The average molecular weight is 711 g/mol. The Hall–Kier alpha value is -4.73. The number of carbonyl (C=O) groups is 1. The number of amides is 2. The summed E-state index contributed by atoms with van der Waals surface area (Å²) in [4.78, 5) is 44.5. The van der Waals surface area contributed by atoms with E-state index < -0.39 is 0 Å². The first-order valence-electron chi connectivity index (χ1n) is 18.2. The van der Waals surface area contributed by atoms with E-state index in [-0.39, 0.29) is 11.6 Å². The van der Waals surface area contributed by atoms with E-state index in [0.717, 1.165) is 86.3 Å². The molecule has 268 valence electrons. The first kappa shape index (κ1) is 34.7. The summed E-state index contributed by atoms with van der Waals surface area (Å²) in [7, 11) is 2.12. The number of aromatic nitrogens is 2. The highest BCUT2D eigenvalue weighted by molar-refractivity contribution is 6.32. The lowest BCUT2D eigenvalue weighted by Gasteiger charge is -2.47. The van der Waals surface area contributed by atoms with E-state index in [1.54, 1.807) is 6.07 Å². The molecule has 0 spiro atoms. The molecule has 3 aliphatic heterocycles. The number of hydrogen-bond acceptors (Lipinski definition) is 9. The number of benzene rings is 1. The van der Waals surface area contributed by atoms with Crippen molar-refractivity contribution in [1.82, 2.24) is 40.0 Å². The van der Waals surface area contributed by atoms with E-state index in [1.807, 2.05) is 53.4 Å². The number of nitrogens with one attached hydrogen (secondary N) is 2. The summed E-state index contributed by atoms with van der Waals surface area (Å²) in [6.07, 6.45) is 13.1. The molecule has 3 aromatic rings.